The fourth-order valence-corrected chi connectivity index (χ4v) is 3.69. The lowest BCUT2D eigenvalue weighted by Gasteiger charge is -2.20. The Hall–Kier alpha value is -3.09. The summed E-state index contributed by atoms with van der Waals surface area (Å²) in [5, 5.41) is 27.9. The topological polar surface area (TPSA) is 145 Å². The van der Waals surface area contributed by atoms with Gasteiger partial charge in [-0.3, -0.25) is 4.79 Å². The molecule has 0 spiro atoms. The first kappa shape index (κ1) is 30.1. The van der Waals surface area contributed by atoms with Gasteiger partial charge in [0.2, 0.25) is 16.0 Å². The first-order chi connectivity index (χ1) is 17.3. The molecule has 0 saturated heterocycles. The van der Waals surface area contributed by atoms with Crippen molar-refractivity contribution in [3.8, 4) is 11.3 Å². The zero-order valence-electron chi connectivity index (χ0n) is 21.7. The summed E-state index contributed by atoms with van der Waals surface area (Å²) in [6, 6.07) is 5.56. The molecule has 202 valence electrons. The average molecular weight is 536 g/mol. The third kappa shape index (κ3) is 9.06. The number of azo groups is 1. The normalized spacial score (nSPS) is 14.0. The van der Waals surface area contributed by atoms with Crippen molar-refractivity contribution in [1.29, 1.82) is 0 Å². The highest BCUT2D eigenvalue weighted by atomic mass is 32.2. The molecule has 2 N–H and O–H groups in total. The zero-order valence-corrected chi connectivity index (χ0v) is 22.5. The Morgan fingerprint density at radius 3 is 2.41 bits per heavy atom. The molecule has 0 aliphatic rings. The van der Waals surface area contributed by atoms with Crippen LogP contribution in [0.5, 0.6) is 0 Å². The minimum atomic E-state index is -3.65. The molecule has 0 aliphatic heterocycles. The van der Waals surface area contributed by atoms with Crippen molar-refractivity contribution >= 4 is 28.0 Å². The van der Waals surface area contributed by atoms with Gasteiger partial charge in [0.15, 0.2) is 0 Å². The molecule has 0 fully saturated rings. The number of amides is 1. The first-order valence-corrected chi connectivity index (χ1v) is 13.7. The minimum absolute atomic E-state index is 0.0469. The molecular formula is C25H34FN5O5S. The van der Waals surface area contributed by atoms with E-state index in [0.29, 0.717) is 29.1 Å². The van der Waals surface area contributed by atoms with Crippen LogP contribution in [-0.4, -0.2) is 66.6 Å². The van der Waals surface area contributed by atoms with Crippen molar-refractivity contribution in [2.75, 3.05) is 24.2 Å². The fourth-order valence-electron chi connectivity index (χ4n) is 3.32. The Kier molecular flexibility index (Phi) is 11.0. The maximum Gasteiger partial charge on any atom is 0.266 e. The lowest BCUT2D eigenvalue weighted by Crippen LogP contribution is -2.27. The number of aliphatic hydroxyl groups excluding tert-OH is 2. The Balaban J connectivity index is 2.44. The molecule has 12 heteroatoms. The highest BCUT2D eigenvalue weighted by Crippen LogP contribution is 2.31. The molecule has 0 saturated carbocycles. The van der Waals surface area contributed by atoms with Gasteiger partial charge in [0, 0.05) is 24.6 Å². The van der Waals surface area contributed by atoms with Crippen molar-refractivity contribution in [2.45, 2.75) is 58.2 Å². The van der Waals surface area contributed by atoms with Crippen LogP contribution >= 0.6 is 0 Å². The molecule has 1 heterocycles. The smallest absolute Gasteiger partial charge is 0.266 e. The van der Waals surface area contributed by atoms with E-state index in [0.717, 1.165) is 17.0 Å². The summed E-state index contributed by atoms with van der Waals surface area (Å²) < 4.78 is 38.9. The molecular weight excluding hydrogens is 501 g/mol. The number of carbonyl (C=O) groups excluding carboxylic acids is 1. The number of carbonyl (C=O) groups is 1. The summed E-state index contributed by atoms with van der Waals surface area (Å²) in [6.45, 7) is 6.06. The Morgan fingerprint density at radius 2 is 1.84 bits per heavy atom. The Labute approximate surface area is 217 Å². The maximum atomic E-state index is 13.6. The molecule has 1 amide bonds. The largest absolute Gasteiger partial charge is 0.392 e. The number of benzene rings is 1. The number of sulfonamides is 1. The number of hydrogen-bond acceptors (Lipinski definition) is 8. The van der Waals surface area contributed by atoms with E-state index in [9.17, 15) is 27.8 Å². The molecule has 2 atom stereocenters. The van der Waals surface area contributed by atoms with Gasteiger partial charge in [0.25, 0.3) is 5.91 Å². The van der Waals surface area contributed by atoms with Crippen LogP contribution in [0.15, 0.2) is 40.6 Å². The second-order valence-corrected chi connectivity index (χ2v) is 11.0. The fraction of sp³-hybridized carbons (Fsp3) is 0.480. The number of rotatable bonds is 12. The van der Waals surface area contributed by atoms with Crippen LogP contribution in [0.3, 0.4) is 0 Å². The van der Waals surface area contributed by atoms with Crippen LogP contribution in [0.2, 0.25) is 0 Å². The van der Waals surface area contributed by atoms with E-state index < -0.39 is 34.0 Å². The van der Waals surface area contributed by atoms with Gasteiger partial charge in [0.1, 0.15) is 5.82 Å². The third-order valence-corrected chi connectivity index (χ3v) is 6.48. The summed E-state index contributed by atoms with van der Waals surface area (Å²) in [5.74, 6) is -1.23. The lowest BCUT2D eigenvalue weighted by atomic mass is 9.97. The van der Waals surface area contributed by atoms with Gasteiger partial charge in [-0.2, -0.15) is 5.11 Å². The van der Waals surface area contributed by atoms with E-state index in [1.807, 2.05) is 20.8 Å². The van der Waals surface area contributed by atoms with Gasteiger partial charge < -0.3 is 10.2 Å². The van der Waals surface area contributed by atoms with Crippen molar-refractivity contribution in [3.63, 3.8) is 0 Å². The van der Waals surface area contributed by atoms with Gasteiger partial charge in [-0.05, 0) is 36.6 Å². The minimum Gasteiger partial charge on any atom is -0.392 e. The summed E-state index contributed by atoms with van der Waals surface area (Å²) in [4.78, 5) is 20.7. The van der Waals surface area contributed by atoms with Gasteiger partial charge >= 0.3 is 0 Å². The molecule has 0 radical (unpaired) electrons. The first-order valence-electron chi connectivity index (χ1n) is 11.9. The predicted octanol–water partition coefficient (Wildman–Crippen LogP) is 3.71. The van der Waals surface area contributed by atoms with Crippen LogP contribution in [0.1, 0.15) is 57.2 Å². The van der Waals surface area contributed by atoms with Gasteiger partial charge in [-0.1, -0.05) is 32.9 Å². The van der Waals surface area contributed by atoms with E-state index >= 15 is 0 Å². The van der Waals surface area contributed by atoms with Crippen LogP contribution in [0, 0.1) is 5.82 Å². The number of aliphatic hydroxyl groups is 2. The van der Waals surface area contributed by atoms with Crippen LogP contribution in [0.4, 0.5) is 10.3 Å². The maximum absolute atomic E-state index is 13.6. The van der Waals surface area contributed by atoms with Crippen LogP contribution in [0.25, 0.3) is 17.3 Å². The highest BCUT2D eigenvalue weighted by molar-refractivity contribution is 7.92. The second-order valence-electron chi connectivity index (χ2n) is 8.94. The third-order valence-electron chi connectivity index (χ3n) is 5.32. The van der Waals surface area contributed by atoms with Crippen molar-refractivity contribution in [1.82, 2.24) is 9.97 Å². The molecule has 10 nitrogen and oxygen atoms in total. The van der Waals surface area contributed by atoms with Crippen molar-refractivity contribution in [3.05, 3.63) is 47.4 Å². The molecule has 2 aromatic rings. The Morgan fingerprint density at radius 1 is 1.19 bits per heavy atom. The van der Waals surface area contributed by atoms with E-state index in [4.69, 9.17) is 0 Å². The molecule has 0 unspecified atom stereocenters. The molecule has 2 rings (SSSR count). The number of anilines is 1. The zero-order chi connectivity index (χ0) is 27.8. The van der Waals surface area contributed by atoms with E-state index in [-0.39, 0.29) is 24.7 Å². The number of halogens is 1. The number of hydrogen-bond donors (Lipinski definition) is 2. The number of nitrogens with zero attached hydrogens (tertiary/aromatic N) is 5. The molecule has 37 heavy (non-hydrogen) atoms. The standard InChI is InChI=1S/C25H34FN5O5S/c1-6-13-27-30-22(34)15-20(33)14-19(32)11-12-21-23(16(2)3)28-25(31(4)37(5,35)36)29-24(21)17-7-9-18(26)10-8-17/h7-12,16,19-20,32-33H,6,13-15H2,1-5H3/b12-11+,30-27+/t19-,20-/m1/s1. The summed E-state index contributed by atoms with van der Waals surface area (Å²) in [6.07, 6.45) is 2.16. The predicted molar refractivity (Wildman–Crippen MR) is 140 cm³/mol. The van der Waals surface area contributed by atoms with Gasteiger partial charge in [-0.25, -0.2) is 27.1 Å². The number of aromatic nitrogens is 2. The van der Waals surface area contributed by atoms with E-state index in [1.54, 1.807) is 6.08 Å². The molecule has 0 bridgehead atoms. The molecule has 0 aliphatic carbocycles. The van der Waals surface area contributed by atoms with E-state index in [2.05, 4.69) is 20.2 Å². The molecule has 1 aromatic heterocycles. The summed E-state index contributed by atoms with van der Waals surface area (Å²) in [7, 11) is -2.31. The average Bonchev–Trinajstić information content (AvgIpc) is 2.81. The second kappa shape index (κ2) is 13.5. The van der Waals surface area contributed by atoms with Crippen LogP contribution in [-0.2, 0) is 14.8 Å². The van der Waals surface area contributed by atoms with Crippen molar-refractivity contribution in [2.24, 2.45) is 10.2 Å². The Bertz CT molecular complexity index is 1230. The quantitative estimate of drug-likeness (QED) is 0.394. The molecule has 1 aromatic carbocycles. The summed E-state index contributed by atoms with van der Waals surface area (Å²) in [5.41, 5.74) is 1.88. The van der Waals surface area contributed by atoms with Gasteiger partial charge in [0.05, 0.1) is 42.8 Å². The highest BCUT2D eigenvalue weighted by Gasteiger charge is 2.22. The monoisotopic (exact) mass is 535 g/mol. The van der Waals surface area contributed by atoms with Crippen LogP contribution < -0.4 is 4.31 Å². The SMILES string of the molecule is CCC/N=N/C(=O)C[C@H](O)C[C@H](O)/C=C/c1c(-c2ccc(F)cc2)nc(N(C)S(C)(=O)=O)nc1C(C)C. The van der Waals surface area contributed by atoms with Crippen molar-refractivity contribution < 1.29 is 27.8 Å². The summed E-state index contributed by atoms with van der Waals surface area (Å²) >= 11 is 0. The lowest BCUT2D eigenvalue weighted by molar-refractivity contribution is -0.120. The van der Waals surface area contributed by atoms with E-state index in [1.165, 1.54) is 37.4 Å². The van der Waals surface area contributed by atoms with Gasteiger partial charge in [-0.15, -0.1) is 5.11 Å².